The van der Waals surface area contributed by atoms with Crippen LogP contribution in [0.1, 0.15) is 87.8 Å². The summed E-state index contributed by atoms with van der Waals surface area (Å²) in [6.07, 6.45) is 5.25. The Morgan fingerprint density at radius 2 is 1.73 bits per heavy atom. The van der Waals surface area contributed by atoms with Crippen molar-refractivity contribution in [3.63, 3.8) is 0 Å². The summed E-state index contributed by atoms with van der Waals surface area (Å²) in [7, 11) is -3.55. The van der Waals surface area contributed by atoms with Gasteiger partial charge in [-0.25, -0.2) is 13.1 Å². The Morgan fingerprint density at radius 1 is 1.05 bits per heavy atom. The van der Waals surface area contributed by atoms with Gasteiger partial charge in [0, 0.05) is 28.5 Å². The van der Waals surface area contributed by atoms with Crippen LogP contribution < -0.4 is 4.72 Å². The largest absolute Gasteiger partial charge is 0.481 e. The first kappa shape index (κ1) is 30.3. The number of rotatable bonds is 11. The number of piperidine rings is 1. The van der Waals surface area contributed by atoms with Gasteiger partial charge in [-0.3, -0.25) is 9.59 Å². The molecule has 7 nitrogen and oxygen atoms in total. The number of aliphatic carboxylic acids is 1. The fourth-order valence-electron chi connectivity index (χ4n) is 7.01. The minimum Gasteiger partial charge on any atom is -0.481 e. The standard InChI is InChI=1S/C31H38Cl2N2O5S/c1-2-31(18-28(36)37)17-26(22-6-5-7-24(33)16-22)29(21-12-14-23(32)15-13-21)35(30(31)38)27(20-10-11-20)19-34-41(39,40)25-8-3-4-9-25/h5-7,12-16,20,25-27,29,34H,2-4,8-11,17-19H2,1H3,(H,36,37)/t26-,27-,29-,31+/m1/s1. The molecule has 0 unspecified atom stereocenters. The van der Waals surface area contributed by atoms with Crippen molar-refractivity contribution in [1.29, 1.82) is 0 Å². The molecule has 0 spiro atoms. The van der Waals surface area contributed by atoms with Crippen molar-refractivity contribution in [3.8, 4) is 0 Å². The molecule has 0 radical (unpaired) electrons. The number of halogens is 2. The minimum absolute atomic E-state index is 0.106. The van der Waals surface area contributed by atoms with E-state index in [9.17, 15) is 23.1 Å². The Labute approximate surface area is 252 Å². The predicted molar refractivity (Wildman–Crippen MR) is 161 cm³/mol. The normalized spacial score (nSPS) is 26.3. The van der Waals surface area contributed by atoms with Crippen LogP contribution in [0.25, 0.3) is 0 Å². The summed E-state index contributed by atoms with van der Waals surface area (Å²) in [6.45, 7) is 1.97. The van der Waals surface area contributed by atoms with E-state index < -0.39 is 38.7 Å². The molecule has 3 fully saturated rings. The first-order valence-electron chi connectivity index (χ1n) is 14.6. The highest BCUT2D eigenvalue weighted by Gasteiger charge is 2.55. The quantitative estimate of drug-likeness (QED) is 0.296. The highest BCUT2D eigenvalue weighted by molar-refractivity contribution is 7.90. The average Bonchev–Trinajstić information content (AvgIpc) is 3.61. The second-order valence-electron chi connectivity index (χ2n) is 12.0. The number of sulfonamides is 1. The number of hydrogen-bond acceptors (Lipinski definition) is 4. The molecule has 10 heteroatoms. The predicted octanol–water partition coefficient (Wildman–Crippen LogP) is 6.56. The third-order valence-electron chi connectivity index (χ3n) is 9.39. The van der Waals surface area contributed by atoms with Crippen LogP contribution in [0.5, 0.6) is 0 Å². The lowest BCUT2D eigenvalue weighted by atomic mass is 9.64. The van der Waals surface area contributed by atoms with Crippen LogP contribution in [-0.2, 0) is 19.6 Å². The lowest BCUT2D eigenvalue weighted by Gasteiger charge is -2.53. The van der Waals surface area contributed by atoms with E-state index in [1.165, 1.54) is 0 Å². The third-order valence-corrected chi connectivity index (χ3v) is 11.8. The van der Waals surface area contributed by atoms with Gasteiger partial charge in [-0.2, -0.15) is 0 Å². The summed E-state index contributed by atoms with van der Waals surface area (Å²) in [4.78, 5) is 28.7. The average molecular weight is 622 g/mol. The van der Waals surface area contributed by atoms with Crippen molar-refractivity contribution in [3.05, 3.63) is 69.7 Å². The molecule has 2 saturated carbocycles. The molecule has 2 aliphatic carbocycles. The van der Waals surface area contributed by atoms with Crippen molar-refractivity contribution in [2.45, 2.75) is 88.0 Å². The summed E-state index contributed by atoms with van der Waals surface area (Å²) >= 11 is 12.7. The summed E-state index contributed by atoms with van der Waals surface area (Å²) < 4.78 is 29.4. The van der Waals surface area contributed by atoms with Gasteiger partial charge in [0.15, 0.2) is 0 Å². The van der Waals surface area contributed by atoms with E-state index in [0.29, 0.717) is 35.7 Å². The molecule has 1 amide bonds. The number of benzene rings is 2. The highest BCUT2D eigenvalue weighted by Crippen LogP contribution is 2.55. The Hall–Kier alpha value is -2.13. The van der Waals surface area contributed by atoms with E-state index in [1.54, 1.807) is 18.2 Å². The maximum absolute atomic E-state index is 14.7. The summed E-state index contributed by atoms with van der Waals surface area (Å²) in [5.41, 5.74) is 0.649. The molecule has 0 bridgehead atoms. The Bertz CT molecular complexity index is 1380. The van der Waals surface area contributed by atoms with Gasteiger partial charge in [0.1, 0.15) is 0 Å². The van der Waals surface area contributed by atoms with Gasteiger partial charge in [-0.05, 0) is 79.8 Å². The van der Waals surface area contributed by atoms with E-state index >= 15 is 0 Å². The Kier molecular flexibility index (Phi) is 9.05. The molecule has 0 aromatic heterocycles. The zero-order chi connectivity index (χ0) is 29.4. The van der Waals surface area contributed by atoms with E-state index in [2.05, 4.69) is 4.72 Å². The van der Waals surface area contributed by atoms with E-state index in [1.807, 2.05) is 42.2 Å². The molecule has 2 aromatic carbocycles. The molecular formula is C31H38Cl2N2O5S. The topological polar surface area (TPSA) is 104 Å². The molecule has 3 aliphatic rings. The first-order valence-corrected chi connectivity index (χ1v) is 16.9. The van der Waals surface area contributed by atoms with Crippen LogP contribution in [-0.4, -0.2) is 48.1 Å². The monoisotopic (exact) mass is 620 g/mol. The molecule has 1 saturated heterocycles. The van der Waals surface area contributed by atoms with E-state index in [0.717, 1.165) is 36.8 Å². The van der Waals surface area contributed by atoms with Crippen LogP contribution in [0.3, 0.4) is 0 Å². The molecule has 2 aromatic rings. The number of hydrogen-bond donors (Lipinski definition) is 2. The summed E-state index contributed by atoms with van der Waals surface area (Å²) in [5, 5.41) is 10.7. The SMILES string of the molecule is CC[C@@]1(CC(=O)O)C[C@H](c2cccc(Cl)c2)[C@@H](c2ccc(Cl)cc2)N([C@H](CNS(=O)(=O)C2CCCC2)C2CC2)C1=O. The second-order valence-corrected chi connectivity index (χ2v) is 14.9. The number of carbonyl (C=O) groups excluding carboxylic acids is 1. The van der Waals surface area contributed by atoms with Gasteiger partial charge in [-0.1, -0.05) is 67.2 Å². The first-order chi connectivity index (χ1) is 19.5. The van der Waals surface area contributed by atoms with Crippen molar-refractivity contribution in [2.75, 3.05) is 6.54 Å². The number of carbonyl (C=O) groups is 2. The van der Waals surface area contributed by atoms with Crippen LogP contribution >= 0.6 is 23.2 Å². The lowest BCUT2D eigenvalue weighted by Crippen LogP contribution is -2.59. The van der Waals surface area contributed by atoms with Gasteiger partial charge in [0.05, 0.1) is 23.1 Å². The number of carboxylic acids is 1. The third kappa shape index (κ3) is 6.46. The summed E-state index contributed by atoms with van der Waals surface area (Å²) in [5.74, 6) is -1.39. The van der Waals surface area contributed by atoms with Gasteiger partial charge in [-0.15, -0.1) is 0 Å². The molecular weight excluding hydrogens is 583 g/mol. The molecule has 1 heterocycles. The number of amides is 1. The van der Waals surface area contributed by atoms with Gasteiger partial charge < -0.3 is 10.0 Å². The number of nitrogens with zero attached hydrogens (tertiary/aromatic N) is 1. The zero-order valence-electron chi connectivity index (χ0n) is 23.3. The van der Waals surface area contributed by atoms with Crippen LogP contribution in [0.2, 0.25) is 10.0 Å². The number of likely N-dealkylation sites (tertiary alicyclic amines) is 1. The zero-order valence-corrected chi connectivity index (χ0v) is 25.6. The number of carboxylic acid groups (broad SMARTS) is 1. The summed E-state index contributed by atoms with van der Waals surface area (Å²) in [6, 6.07) is 14.1. The van der Waals surface area contributed by atoms with Gasteiger partial charge >= 0.3 is 5.97 Å². The van der Waals surface area contributed by atoms with Crippen molar-refractivity contribution in [2.24, 2.45) is 11.3 Å². The molecule has 2 N–H and O–H groups in total. The van der Waals surface area contributed by atoms with E-state index in [4.69, 9.17) is 23.2 Å². The second kappa shape index (κ2) is 12.2. The molecule has 222 valence electrons. The Morgan fingerprint density at radius 3 is 2.32 bits per heavy atom. The number of nitrogens with one attached hydrogen (secondary N) is 1. The van der Waals surface area contributed by atoms with Crippen LogP contribution in [0.4, 0.5) is 0 Å². The van der Waals surface area contributed by atoms with Gasteiger partial charge in [0.2, 0.25) is 15.9 Å². The van der Waals surface area contributed by atoms with Crippen LogP contribution in [0.15, 0.2) is 48.5 Å². The maximum atomic E-state index is 14.7. The lowest BCUT2D eigenvalue weighted by molar-refractivity contribution is -0.162. The molecule has 4 atom stereocenters. The van der Waals surface area contributed by atoms with Gasteiger partial charge in [0.25, 0.3) is 0 Å². The molecule has 41 heavy (non-hydrogen) atoms. The highest BCUT2D eigenvalue weighted by atomic mass is 35.5. The van der Waals surface area contributed by atoms with Crippen molar-refractivity contribution in [1.82, 2.24) is 9.62 Å². The van der Waals surface area contributed by atoms with Crippen LogP contribution in [0, 0.1) is 11.3 Å². The fraction of sp³-hybridized carbons (Fsp3) is 0.548. The van der Waals surface area contributed by atoms with E-state index in [-0.39, 0.29) is 30.7 Å². The molecule has 1 aliphatic heterocycles. The Balaban J connectivity index is 1.63. The smallest absolute Gasteiger partial charge is 0.304 e. The fourth-order valence-corrected chi connectivity index (χ4v) is 8.93. The molecule has 5 rings (SSSR count). The minimum atomic E-state index is -3.55. The van der Waals surface area contributed by atoms with Crippen molar-refractivity contribution >= 4 is 45.1 Å². The maximum Gasteiger partial charge on any atom is 0.304 e. The van der Waals surface area contributed by atoms with Crippen molar-refractivity contribution < 1.29 is 23.1 Å².